The fraction of sp³-hybridized carbons (Fsp3) is 0.185. The van der Waals surface area contributed by atoms with E-state index in [0.717, 1.165) is 11.1 Å². The SMILES string of the molecule is CCOc1cc(/C=C2\C(=O)N(Cc3ccc(OC)cc3)C(=O)c3ccccc32)ccc1OC. The number of nitrogens with zero attached hydrogens (tertiary/aromatic N) is 1. The van der Waals surface area contributed by atoms with Crippen molar-refractivity contribution in [3.8, 4) is 17.2 Å². The molecule has 1 aliphatic rings. The number of rotatable bonds is 7. The normalized spacial score (nSPS) is 14.3. The van der Waals surface area contributed by atoms with Gasteiger partial charge in [0.15, 0.2) is 11.5 Å². The Kier molecular flexibility index (Phi) is 6.45. The van der Waals surface area contributed by atoms with Gasteiger partial charge in [0.1, 0.15) is 5.75 Å². The third kappa shape index (κ3) is 4.46. The Bertz CT molecular complexity index is 1210. The zero-order valence-corrected chi connectivity index (χ0v) is 18.8. The molecule has 33 heavy (non-hydrogen) atoms. The monoisotopic (exact) mass is 443 g/mol. The van der Waals surface area contributed by atoms with Gasteiger partial charge in [0.25, 0.3) is 11.8 Å². The van der Waals surface area contributed by atoms with Crippen molar-refractivity contribution in [3.63, 3.8) is 0 Å². The van der Waals surface area contributed by atoms with Gasteiger partial charge in [-0.25, -0.2) is 0 Å². The minimum atomic E-state index is -0.344. The molecule has 3 aromatic rings. The second-order valence-electron chi connectivity index (χ2n) is 7.49. The molecule has 4 rings (SSSR count). The fourth-order valence-electron chi connectivity index (χ4n) is 3.82. The van der Waals surface area contributed by atoms with Crippen molar-refractivity contribution >= 4 is 23.5 Å². The van der Waals surface area contributed by atoms with Gasteiger partial charge in [-0.1, -0.05) is 36.4 Å². The van der Waals surface area contributed by atoms with Crippen LogP contribution in [0.5, 0.6) is 17.2 Å². The number of fused-ring (bicyclic) bond motifs is 1. The molecule has 0 unspecified atom stereocenters. The van der Waals surface area contributed by atoms with Crippen LogP contribution in [0.3, 0.4) is 0 Å². The number of ether oxygens (including phenoxy) is 3. The van der Waals surface area contributed by atoms with Crippen molar-refractivity contribution in [1.82, 2.24) is 4.90 Å². The summed E-state index contributed by atoms with van der Waals surface area (Å²) in [5.41, 5.74) is 3.17. The van der Waals surface area contributed by atoms with E-state index in [1.807, 2.05) is 49.4 Å². The van der Waals surface area contributed by atoms with Crippen LogP contribution in [0.2, 0.25) is 0 Å². The fourth-order valence-corrected chi connectivity index (χ4v) is 3.82. The van der Waals surface area contributed by atoms with Crippen molar-refractivity contribution in [2.75, 3.05) is 20.8 Å². The Morgan fingerprint density at radius 2 is 1.55 bits per heavy atom. The molecular formula is C27H25NO5. The summed E-state index contributed by atoms with van der Waals surface area (Å²) in [7, 11) is 3.18. The maximum atomic E-state index is 13.5. The molecule has 2 amide bonds. The summed E-state index contributed by atoms with van der Waals surface area (Å²) in [5.74, 6) is 1.27. The van der Waals surface area contributed by atoms with Crippen LogP contribution >= 0.6 is 0 Å². The summed E-state index contributed by atoms with van der Waals surface area (Å²) in [6, 6.07) is 20.0. The number of imide groups is 1. The number of hydrogen-bond donors (Lipinski definition) is 0. The van der Waals surface area contributed by atoms with Crippen LogP contribution in [-0.4, -0.2) is 37.5 Å². The summed E-state index contributed by atoms with van der Waals surface area (Å²) in [4.78, 5) is 28.0. The van der Waals surface area contributed by atoms with Crippen LogP contribution in [-0.2, 0) is 11.3 Å². The Morgan fingerprint density at radius 1 is 0.818 bits per heavy atom. The lowest BCUT2D eigenvalue weighted by molar-refractivity contribution is -0.123. The standard InChI is InChI=1S/C27H25NO5/c1-4-33-25-16-19(11-14-24(25)32-3)15-23-21-7-5-6-8-22(21)26(29)28(27(23)30)17-18-9-12-20(31-2)13-10-18/h5-16H,4,17H2,1-3H3/b23-15-. The van der Waals surface area contributed by atoms with Crippen molar-refractivity contribution in [2.24, 2.45) is 0 Å². The molecule has 0 aromatic heterocycles. The molecule has 3 aromatic carbocycles. The number of carbonyl (C=O) groups excluding carboxylic acids is 2. The summed E-state index contributed by atoms with van der Waals surface area (Å²) in [6.45, 7) is 2.55. The second kappa shape index (κ2) is 9.61. The second-order valence-corrected chi connectivity index (χ2v) is 7.49. The van der Waals surface area contributed by atoms with E-state index >= 15 is 0 Å². The van der Waals surface area contributed by atoms with Gasteiger partial charge >= 0.3 is 0 Å². The molecule has 168 valence electrons. The van der Waals surface area contributed by atoms with Crippen molar-refractivity contribution < 1.29 is 23.8 Å². The Labute approximate surface area is 193 Å². The van der Waals surface area contributed by atoms with E-state index in [-0.39, 0.29) is 18.4 Å². The molecule has 6 nitrogen and oxygen atoms in total. The van der Waals surface area contributed by atoms with Crippen LogP contribution in [0.4, 0.5) is 0 Å². The molecule has 0 radical (unpaired) electrons. The highest BCUT2D eigenvalue weighted by molar-refractivity contribution is 6.33. The van der Waals surface area contributed by atoms with Crippen LogP contribution in [0.25, 0.3) is 11.6 Å². The minimum Gasteiger partial charge on any atom is -0.497 e. The van der Waals surface area contributed by atoms with Crippen molar-refractivity contribution in [3.05, 3.63) is 89.0 Å². The lowest BCUT2D eigenvalue weighted by Gasteiger charge is -2.29. The van der Waals surface area contributed by atoms with Gasteiger partial charge in [-0.2, -0.15) is 0 Å². The smallest absolute Gasteiger partial charge is 0.261 e. The predicted octanol–water partition coefficient (Wildman–Crippen LogP) is 4.83. The number of amides is 2. The van der Waals surface area contributed by atoms with Gasteiger partial charge in [0.05, 0.1) is 27.4 Å². The number of carbonyl (C=O) groups is 2. The van der Waals surface area contributed by atoms with Gasteiger partial charge in [0.2, 0.25) is 0 Å². The Hall–Kier alpha value is -4.06. The summed E-state index contributed by atoms with van der Waals surface area (Å²) in [6.07, 6.45) is 1.79. The highest BCUT2D eigenvalue weighted by Crippen LogP contribution is 2.34. The molecule has 0 bridgehead atoms. The van der Waals surface area contributed by atoms with Gasteiger partial charge < -0.3 is 14.2 Å². The molecule has 1 aliphatic heterocycles. The van der Waals surface area contributed by atoms with E-state index in [1.54, 1.807) is 44.6 Å². The molecule has 0 spiro atoms. The van der Waals surface area contributed by atoms with Crippen LogP contribution < -0.4 is 14.2 Å². The van der Waals surface area contributed by atoms with E-state index in [1.165, 1.54) is 4.90 Å². The first-order valence-corrected chi connectivity index (χ1v) is 10.7. The summed E-state index contributed by atoms with van der Waals surface area (Å²) in [5, 5.41) is 0. The summed E-state index contributed by atoms with van der Waals surface area (Å²) >= 11 is 0. The van der Waals surface area contributed by atoms with E-state index < -0.39 is 0 Å². The first-order chi connectivity index (χ1) is 16.0. The molecule has 6 heteroatoms. The lowest BCUT2D eigenvalue weighted by atomic mass is 9.91. The van der Waals surface area contributed by atoms with Gasteiger partial charge in [-0.05, 0) is 60.0 Å². The maximum absolute atomic E-state index is 13.5. The maximum Gasteiger partial charge on any atom is 0.261 e. The molecule has 1 heterocycles. The van der Waals surface area contributed by atoms with E-state index in [2.05, 4.69) is 0 Å². The number of methoxy groups -OCH3 is 2. The minimum absolute atomic E-state index is 0.167. The predicted molar refractivity (Wildman–Crippen MR) is 126 cm³/mol. The van der Waals surface area contributed by atoms with Crippen molar-refractivity contribution in [2.45, 2.75) is 13.5 Å². The van der Waals surface area contributed by atoms with Crippen LogP contribution in [0.1, 0.15) is 34.0 Å². The molecule has 0 fully saturated rings. The molecule has 0 atom stereocenters. The highest BCUT2D eigenvalue weighted by Gasteiger charge is 2.34. The summed E-state index contributed by atoms with van der Waals surface area (Å²) < 4.78 is 16.2. The first kappa shape index (κ1) is 22.1. The van der Waals surface area contributed by atoms with E-state index in [9.17, 15) is 9.59 Å². The highest BCUT2D eigenvalue weighted by atomic mass is 16.5. The molecule has 0 saturated heterocycles. The molecule has 0 N–H and O–H groups in total. The molecular weight excluding hydrogens is 418 g/mol. The van der Waals surface area contributed by atoms with Gasteiger partial charge in [-0.15, -0.1) is 0 Å². The van der Waals surface area contributed by atoms with E-state index in [4.69, 9.17) is 14.2 Å². The van der Waals surface area contributed by atoms with Crippen molar-refractivity contribution in [1.29, 1.82) is 0 Å². The average molecular weight is 443 g/mol. The quantitative estimate of drug-likeness (QED) is 0.387. The van der Waals surface area contributed by atoms with Crippen LogP contribution in [0.15, 0.2) is 66.7 Å². The number of hydrogen-bond acceptors (Lipinski definition) is 5. The largest absolute Gasteiger partial charge is 0.497 e. The molecule has 0 aliphatic carbocycles. The Morgan fingerprint density at radius 3 is 2.21 bits per heavy atom. The third-order valence-electron chi connectivity index (χ3n) is 5.47. The number of benzene rings is 3. The Balaban J connectivity index is 1.75. The third-order valence-corrected chi connectivity index (χ3v) is 5.47. The zero-order chi connectivity index (χ0) is 23.4. The zero-order valence-electron chi connectivity index (χ0n) is 18.8. The van der Waals surface area contributed by atoms with E-state index in [0.29, 0.717) is 40.6 Å². The van der Waals surface area contributed by atoms with Crippen LogP contribution in [0, 0.1) is 0 Å². The first-order valence-electron chi connectivity index (χ1n) is 10.7. The lowest BCUT2D eigenvalue weighted by Crippen LogP contribution is -2.41. The molecule has 0 saturated carbocycles. The van der Waals surface area contributed by atoms with Gasteiger partial charge in [0, 0.05) is 11.1 Å². The average Bonchev–Trinajstić information content (AvgIpc) is 2.85. The van der Waals surface area contributed by atoms with Gasteiger partial charge in [-0.3, -0.25) is 14.5 Å². The topological polar surface area (TPSA) is 65.1 Å².